The molecule has 0 aliphatic heterocycles. The lowest BCUT2D eigenvalue weighted by Gasteiger charge is -2.19. The zero-order chi connectivity index (χ0) is 15.9. The summed E-state index contributed by atoms with van der Waals surface area (Å²) in [5, 5.41) is 3.01. The summed E-state index contributed by atoms with van der Waals surface area (Å²) in [5.41, 5.74) is 1.52. The van der Waals surface area contributed by atoms with Gasteiger partial charge in [0.1, 0.15) is 6.04 Å². The van der Waals surface area contributed by atoms with E-state index in [1.165, 1.54) is 10.5 Å². The minimum atomic E-state index is -0.216. The first kappa shape index (κ1) is 18.1. The first-order chi connectivity index (χ1) is 9.88. The topological polar surface area (TPSA) is 38.3 Å². The van der Waals surface area contributed by atoms with Crippen LogP contribution < -0.4 is 5.32 Å². The Labute approximate surface area is 132 Å². The predicted octanol–water partition coefficient (Wildman–Crippen LogP) is 3.62. The molecule has 1 aromatic rings. The van der Waals surface area contributed by atoms with Gasteiger partial charge in [-0.15, -0.1) is 11.8 Å². The van der Waals surface area contributed by atoms with Crippen molar-refractivity contribution in [2.45, 2.75) is 50.5 Å². The summed E-state index contributed by atoms with van der Waals surface area (Å²) >= 11 is 1.77. The van der Waals surface area contributed by atoms with Gasteiger partial charge in [0.05, 0.1) is 6.61 Å². The van der Waals surface area contributed by atoms with Gasteiger partial charge in [0.25, 0.3) is 0 Å². The maximum Gasteiger partial charge on any atom is 0.323 e. The average Bonchev–Trinajstić information content (AvgIpc) is 2.43. The number of carbonyl (C=O) groups is 1. The highest BCUT2D eigenvalue weighted by Gasteiger charge is 2.17. The first-order valence-corrected chi connectivity index (χ1v) is 8.44. The zero-order valence-electron chi connectivity index (χ0n) is 13.7. The van der Waals surface area contributed by atoms with Gasteiger partial charge in [-0.05, 0) is 43.5 Å². The molecular formula is C17H27NO2S. The minimum Gasteiger partial charge on any atom is -0.465 e. The molecule has 1 aromatic carbocycles. The van der Waals surface area contributed by atoms with Gasteiger partial charge in [-0.3, -0.25) is 4.79 Å². The molecule has 0 bridgehead atoms. The summed E-state index contributed by atoms with van der Waals surface area (Å²) in [7, 11) is 1.80. The Morgan fingerprint density at radius 2 is 1.90 bits per heavy atom. The van der Waals surface area contributed by atoms with Crippen LogP contribution in [0.1, 0.15) is 39.7 Å². The number of hydrogen-bond donors (Lipinski definition) is 1. The molecule has 0 amide bonds. The van der Waals surface area contributed by atoms with Crippen molar-refractivity contribution in [2.24, 2.45) is 0 Å². The van der Waals surface area contributed by atoms with E-state index < -0.39 is 0 Å². The fourth-order valence-electron chi connectivity index (χ4n) is 1.97. The number of hydrogen-bond acceptors (Lipinski definition) is 4. The van der Waals surface area contributed by atoms with Gasteiger partial charge in [0, 0.05) is 10.6 Å². The van der Waals surface area contributed by atoms with E-state index in [4.69, 9.17) is 4.74 Å². The van der Waals surface area contributed by atoms with Crippen molar-refractivity contribution in [1.29, 1.82) is 0 Å². The lowest BCUT2D eigenvalue weighted by molar-refractivity contribution is -0.145. The van der Waals surface area contributed by atoms with E-state index in [9.17, 15) is 4.79 Å². The van der Waals surface area contributed by atoms with Gasteiger partial charge in [-0.25, -0.2) is 0 Å². The quantitative estimate of drug-likeness (QED) is 0.617. The van der Waals surface area contributed by atoms with Gasteiger partial charge in [0.15, 0.2) is 0 Å². The highest BCUT2D eigenvalue weighted by atomic mass is 32.2. The van der Waals surface area contributed by atoms with Crippen molar-refractivity contribution >= 4 is 17.7 Å². The monoisotopic (exact) mass is 309 g/mol. The maximum absolute atomic E-state index is 11.7. The molecule has 4 heteroatoms. The molecule has 0 saturated carbocycles. The van der Waals surface area contributed by atoms with Crippen LogP contribution in [0.5, 0.6) is 0 Å². The molecule has 1 atom stereocenters. The first-order valence-electron chi connectivity index (χ1n) is 7.45. The maximum atomic E-state index is 11.7. The number of thioether (sulfide) groups is 1. The van der Waals surface area contributed by atoms with Gasteiger partial charge < -0.3 is 10.1 Å². The highest BCUT2D eigenvalue weighted by Crippen LogP contribution is 2.26. The van der Waals surface area contributed by atoms with E-state index in [1.54, 1.807) is 18.8 Å². The Bertz CT molecular complexity index is 437. The standard InChI is InChI=1S/C17H27NO2S/c1-6-20-16(19)15(18-5)11-12-21-14-9-7-13(8-10-14)17(2,3)4/h7-10,15,18H,6,11-12H2,1-5H3. The molecule has 0 saturated heterocycles. The Kier molecular flexibility index (Phi) is 7.26. The van der Waals surface area contributed by atoms with E-state index >= 15 is 0 Å². The number of rotatable bonds is 7. The van der Waals surface area contributed by atoms with Crippen molar-refractivity contribution < 1.29 is 9.53 Å². The molecule has 0 aliphatic carbocycles. The fraction of sp³-hybridized carbons (Fsp3) is 0.588. The van der Waals surface area contributed by atoms with Crippen LogP contribution in [0, 0.1) is 0 Å². The number of carbonyl (C=O) groups excluding carboxylic acids is 1. The predicted molar refractivity (Wildman–Crippen MR) is 90.0 cm³/mol. The van der Waals surface area contributed by atoms with E-state index in [1.807, 2.05) is 6.92 Å². The lowest BCUT2D eigenvalue weighted by atomic mass is 9.87. The second kappa shape index (κ2) is 8.44. The number of likely N-dealkylation sites (N-methyl/N-ethyl adjacent to an activating group) is 1. The minimum absolute atomic E-state index is 0.163. The Hall–Kier alpha value is -1.00. The Balaban J connectivity index is 2.46. The molecular weight excluding hydrogens is 282 g/mol. The van der Waals surface area contributed by atoms with Crippen LogP contribution in [-0.2, 0) is 14.9 Å². The molecule has 0 fully saturated rings. The smallest absolute Gasteiger partial charge is 0.323 e. The number of benzene rings is 1. The number of ether oxygens (including phenoxy) is 1. The zero-order valence-corrected chi connectivity index (χ0v) is 14.5. The molecule has 0 spiro atoms. The van der Waals surface area contributed by atoms with Crippen LogP contribution in [0.3, 0.4) is 0 Å². The van der Waals surface area contributed by atoms with E-state index in [2.05, 4.69) is 50.4 Å². The van der Waals surface area contributed by atoms with Crippen molar-refractivity contribution in [3.8, 4) is 0 Å². The molecule has 1 rings (SSSR count). The van der Waals surface area contributed by atoms with Crippen LogP contribution in [0.25, 0.3) is 0 Å². The van der Waals surface area contributed by atoms with Crippen LogP contribution in [0.4, 0.5) is 0 Å². The van der Waals surface area contributed by atoms with Crippen LogP contribution >= 0.6 is 11.8 Å². The second-order valence-corrected chi connectivity index (χ2v) is 7.17. The third kappa shape index (κ3) is 6.10. The van der Waals surface area contributed by atoms with Crippen molar-refractivity contribution in [3.05, 3.63) is 29.8 Å². The fourth-order valence-corrected chi connectivity index (χ4v) is 2.89. The Morgan fingerprint density at radius 1 is 1.29 bits per heavy atom. The molecule has 21 heavy (non-hydrogen) atoms. The molecule has 0 aromatic heterocycles. The van der Waals surface area contributed by atoms with E-state index in [-0.39, 0.29) is 17.4 Å². The normalized spacial score (nSPS) is 13.0. The molecule has 1 N–H and O–H groups in total. The summed E-state index contributed by atoms with van der Waals surface area (Å²) < 4.78 is 5.04. The number of esters is 1. The van der Waals surface area contributed by atoms with Crippen molar-refractivity contribution in [3.63, 3.8) is 0 Å². The third-order valence-corrected chi connectivity index (χ3v) is 4.36. The Morgan fingerprint density at radius 3 is 2.38 bits per heavy atom. The SMILES string of the molecule is CCOC(=O)C(CCSc1ccc(C(C)(C)C)cc1)NC. The van der Waals surface area contributed by atoms with E-state index in [0.29, 0.717) is 6.61 Å². The van der Waals surface area contributed by atoms with Crippen LogP contribution in [0.15, 0.2) is 29.2 Å². The summed E-state index contributed by atoms with van der Waals surface area (Å²) in [6, 6.07) is 8.46. The lowest BCUT2D eigenvalue weighted by Crippen LogP contribution is -2.36. The van der Waals surface area contributed by atoms with Gasteiger partial charge >= 0.3 is 5.97 Å². The van der Waals surface area contributed by atoms with Crippen molar-refractivity contribution in [2.75, 3.05) is 19.4 Å². The summed E-state index contributed by atoms with van der Waals surface area (Å²) in [6.45, 7) is 8.90. The summed E-state index contributed by atoms with van der Waals surface area (Å²) in [6.07, 6.45) is 0.765. The van der Waals surface area contributed by atoms with E-state index in [0.717, 1.165) is 12.2 Å². The molecule has 0 radical (unpaired) electrons. The number of nitrogens with one attached hydrogen (secondary N) is 1. The molecule has 1 unspecified atom stereocenters. The second-order valence-electron chi connectivity index (χ2n) is 6.00. The van der Waals surface area contributed by atoms with Crippen LogP contribution in [-0.4, -0.2) is 31.4 Å². The average molecular weight is 309 g/mol. The summed E-state index contributed by atoms with van der Waals surface area (Å²) in [5.74, 6) is 0.725. The van der Waals surface area contributed by atoms with Crippen LogP contribution in [0.2, 0.25) is 0 Å². The molecule has 0 heterocycles. The third-order valence-electron chi connectivity index (χ3n) is 3.32. The highest BCUT2D eigenvalue weighted by molar-refractivity contribution is 7.99. The summed E-state index contributed by atoms with van der Waals surface area (Å²) in [4.78, 5) is 12.9. The van der Waals surface area contributed by atoms with Crippen molar-refractivity contribution in [1.82, 2.24) is 5.32 Å². The molecule has 118 valence electrons. The van der Waals surface area contributed by atoms with Gasteiger partial charge in [-0.1, -0.05) is 32.9 Å². The largest absolute Gasteiger partial charge is 0.465 e. The van der Waals surface area contributed by atoms with Gasteiger partial charge in [-0.2, -0.15) is 0 Å². The van der Waals surface area contributed by atoms with Gasteiger partial charge in [0.2, 0.25) is 0 Å². The molecule has 0 aliphatic rings. The molecule has 3 nitrogen and oxygen atoms in total.